The third kappa shape index (κ3) is 3.77. The van der Waals surface area contributed by atoms with Crippen LogP contribution in [-0.4, -0.2) is 22.6 Å². The van der Waals surface area contributed by atoms with E-state index in [-0.39, 0.29) is 5.91 Å². The number of carbonyl (C=O) groups excluding carboxylic acids is 1. The molecule has 1 aliphatic carbocycles. The van der Waals surface area contributed by atoms with Crippen LogP contribution in [0.3, 0.4) is 0 Å². The van der Waals surface area contributed by atoms with Crippen molar-refractivity contribution in [2.45, 2.75) is 31.1 Å². The van der Waals surface area contributed by atoms with E-state index in [9.17, 15) is 4.79 Å². The maximum absolute atomic E-state index is 12.9. The molecule has 0 bridgehead atoms. The van der Waals surface area contributed by atoms with Crippen molar-refractivity contribution in [3.63, 3.8) is 0 Å². The van der Waals surface area contributed by atoms with Crippen LogP contribution < -0.4 is 5.32 Å². The third-order valence-corrected chi connectivity index (χ3v) is 5.70. The standard InChI is InChI=1S/C21H19Cl2N3O2/c22-16-7-5-14(6-8-16)19-25-18(28-26-19)9-12-24-20(27)21(10-2-11-21)15-3-1-4-17(23)13-15/h1,3-8,13H,2,9-12H2,(H,24,27). The van der Waals surface area contributed by atoms with Crippen molar-refractivity contribution in [3.05, 3.63) is 70.0 Å². The Balaban J connectivity index is 1.37. The van der Waals surface area contributed by atoms with Gasteiger partial charge in [-0.25, -0.2) is 0 Å². The Labute approximate surface area is 173 Å². The van der Waals surface area contributed by atoms with E-state index in [1.807, 2.05) is 36.4 Å². The summed E-state index contributed by atoms with van der Waals surface area (Å²) >= 11 is 12.0. The van der Waals surface area contributed by atoms with Crippen LogP contribution in [0.25, 0.3) is 11.4 Å². The molecule has 0 unspecified atom stereocenters. The molecule has 28 heavy (non-hydrogen) atoms. The second-order valence-corrected chi connectivity index (χ2v) is 7.84. The van der Waals surface area contributed by atoms with Gasteiger partial charge in [-0.3, -0.25) is 4.79 Å². The minimum atomic E-state index is -0.478. The first-order valence-corrected chi connectivity index (χ1v) is 9.95. The number of amides is 1. The summed E-state index contributed by atoms with van der Waals surface area (Å²) in [4.78, 5) is 17.3. The summed E-state index contributed by atoms with van der Waals surface area (Å²) in [5.41, 5.74) is 1.33. The molecule has 3 aromatic rings. The van der Waals surface area contributed by atoms with Crippen molar-refractivity contribution in [1.29, 1.82) is 0 Å². The van der Waals surface area contributed by atoms with Crippen LogP contribution in [0.2, 0.25) is 10.0 Å². The van der Waals surface area contributed by atoms with Crippen LogP contribution in [0.4, 0.5) is 0 Å². The Kier molecular flexibility index (Phi) is 5.38. The number of nitrogens with zero attached hydrogens (tertiary/aromatic N) is 2. The molecular formula is C21H19Cl2N3O2. The van der Waals surface area contributed by atoms with Gasteiger partial charge in [-0.15, -0.1) is 0 Å². The normalized spacial score (nSPS) is 15.1. The average molecular weight is 416 g/mol. The highest BCUT2D eigenvalue weighted by Crippen LogP contribution is 2.44. The van der Waals surface area contributed by atoms with Gasteiger partial charge in [-0.1, -0.05) is 46.9 Å². The fourth-order valence-electron chi connectivity index (χ4n) is 3.49. The molecule has 1 aliphatic rings. The first-order chi connectivity index (χ1) is 13.6. The van der Waals surface area contributed by atoms with Gasteiger partial charge in [-0.05, 0) is 54.8 Å². The molecule has 2 aromatic carbocycles. The monoisotopic (exact) mass is 415 g/mol. The number of rotatable bonds is 6. The van der Waals surface area contributed by atoms with Gasteiger partial charge < -0.3 is 9.84 Å². The molecule has 4 rings (SSSR count). The molecule has 1 heterocycles. The highest BCUT2D eigenvalue weighted by Gasteiger charge is 2.45. The minimum absolute atomic E-state index is 0.0263. The van der Waals surface area contributed by atoms with E-state index in [0.717, 1.165) is 30.4 Å². The fraction of sp³-hybridized carbons (Fsp3) is 0.286. The van der Waals surface area contributed by atoms with E-state index >= 15 is 0 Å². The lowest BCUT2D eigenvalue weighted by Gasteiger charge is -2.40. The SMILES string of the molecule is O=C(NCCc1nc(-c2ccc(Cl)cc2)no1)C1(c2cccc(Cl)c2)CCC1. The van der Waals surface area contributed by atoms with E-state index in [4.69, 9.17) is 27.7 Å². The molecule has 1 saturated carbocycles. The van der Waals surface area contributed by atoms with Gasteiger partial charge in [-0.2, -0.15) is 4.98 Å². The van der Waals surface area contributed by atoms with Crippen molar-refractivity contribution >= 4 is 29.1 Å². The van der Waals surface area contributed by atoms with Gasteiger partial charge in [0.2, 0.25) is 17.6 Å². The molecule has 144 valence electrons. The van der Waals surface area contributed by atoms with E-state index in [2.05, 4.69) is 15.5 Å². The zero-order chi connectivity index (χ0) is 19.6. The molecule has 0 aliphatic heterocycles. The van der Waals surface area contributed by atoms with Gasteiger partial charge in [0.15, 0.2) is 0 Å². The molecule has 5 nitrogen and oxygen atoms in total. The lowest BCUT2D eigenvalue weighted by Crippen LogP contribution is -2.49. The van der Waals surface area contributed by atoms with Crippen molar-refractivity contribution in [2.24, 2.45) is 0 Å². The predicted octanol–water partition coefficient (Wildman–Crippen LogP) is 4.82. The maximum atomic E-state index is 12.9. The van der Waals surface area contributed by atoms with Crippen LogP contribution in [-0.2, 0) is 16.6 Å². The van der Waals surface area contributed by atoms with E-state index in [1.165, 1.54) is 0 Å². The highest BCUT2D eigenvalue weighted by molar-refractivity contribution is 6.31. The van der Waals surface area contributed by atoms with Gasteiger partial charge in [0.05, 0.1) is 5.41 Å². The first kappa shape index (κ1) is 19.0. The summed E-state index contributed by atoms with van der Waals surface area (Å²) in [6.07, 6.45) is 3.17. The Bertz CT molecular complexity index is 981. The quantitative estimate of drug-likeness (QED) is 0.626. The van der Waals surface area contributed by atoms with Gasteiger partial charge in [0.25, 0.3) is 0 Å². The molecule has 0 atom stereocenters. The molecule has 1 fully saturated rings. The second kappa shape index (κ2) is 7.94. The third-order valence-electron chi connectivity index (χ3n) is 5.21. The fourth-order valence-corrected chi connectivity index (χ4v) is 3.80. The Morgan fingerprint density at radius 1 is 1.11 bits per heavy atom. The van der Waals surface area contributed by atoms with E-state index in [1.54, 1.807) is 12.1 Å². The van der Waals surface area contributed by atoms with E-state index in [0.29, 0.717) is 34.7 Å². The number of benzene rings is 2. The summed E-state index contributed by atoms with van der Waals surface area (Å²) in [5, 5.41) is 8.31. The zero-order valence-electron chi connectivity index (χ0n) is 15.1. The van der Waals surface area contributed by atoms with E-state index < -0.39 is 5.41 Å². The van der Waals surface area contributed by atoms with Crippen LogP contribution in [0.5, 0.6) is 0 Å². The topological polar surface area (TPSA) is 68.0 Å². The summed E-state index contributed by atoms with van der Waals surface area (Å²) < 4.78 is 5.29. The molecule has 1 N–H and O–H groups in total. The number of carbonyl (C=O) groups is 1. The maximum Gasteiger partial charge on any atom is 0.230 e. The minimum Gasteiger partial charge on any atom is -0.355 e. The largest absolute Gasteiger partial charge is 0.355 e. The summed E-state index contributed by atoms with van der Waals surface area (Å²) in [6, 6.07) is 14.8. The molecule has 0 saturated heterocycles. The van der Waals surface area contributed by atoms with Gasteiger partial charge >= 0.3 is 0 Å². The van der Waals surface area contributed by atoms with Crippen molar-refractivity contribution in [1.82, 2.24) is 15.5 Å². The number of hydrogen-bond acceptors (Lipinski definition) is 4. The summed E-state index contributed by atoms with van der Waals surface area (Å²) in [5.74, 6) is 1.02. The van der Waals surface area contributed by atoms with Crippen molar-refractivity contribution < 1.29 is 9.32 Å². The van der Waals surface area contributed by atoms with Crippen molar-refractivity contribution in [3.8, 4) is 11.4 Å². The average Bonchev–Trinajstić information content (AvgIpc) is 3.10. The van der Waals surface area contributed by atoms with Gasteiger partial charge in [0.1, 0.15) is 0 Å². The predicted molar refractivity (Wildman–Crippen MR) is 108 cm³/mol. The Morgan fingerprint density at radius 2 is 1.89 bits per heavy atom. The number of nitrogens with one attached hydrogen (secondary N) is 1. The first-order valence-electron chi connectivity index (χ1n) is 9.20. The molecule has 0 spiro atoms. The van der Waals surface area contributed by atoms with Crippen LogP contribution >= 0.6 is 23.2 Å². The van der Waals surface area contributed by atoms with Crippen molar-refractivity contribution in [2.75, 3.05) is 6.54 Å². The number of halogens is 2. The van der Waals surface area contributed by atoms with Crippen LogP contribution in [0.1, 0.15) is 30.7 Å². The molecule has 0 radical (unpaired) electrons. The second-order valence-electron chi connectivity index (χ2n) is 6.97. The lowest BCUT2D eigenvalue weighted by atomic mass is 9.64. The zero-order valence-corrected chi connectivity index (χ0v) is 16.6. The number of aromatic nitrogens is 2. The highest BCUT2D eigenvalue weighted by atomic mass is 35.5. The summed E-state index contributed by atoms with van der Waals surface area (Å²) in [7, 11) is 0. The lowest BCUT2D eigenvalue weighted by molar-refractivity contribution is -0.129. The van der Waals surface area contributed by atoms with Gasteiger partial charge in [0, 0.05) is 28.6 Å². The Hall–Kier alpha value is -2.37. The summed E-state index contributed by atoms with van der Waals surface area (Å²) in [6.45, 7) is 0.434. The van der Waals surface area contributed by atoms with Crippen LogP contribution in [0, 0.1) is 0 Å². The molecule has 1 aromatic heterocycles. The smallest absolute Gasteiger partial charge is 0.230 e. The number of hydrogen-bond donors (Lipinski definition) is 1. The molecule has 7 heteroatoms. The molecular weight excluding hydrogens is 397 g/mol. The van der Waals surface area contributed by atoms with Crippen LogP contribution in [0.15, 0.2) is 53.1 Å². The molecule has 1 amide bonds. The Morgan fingerprint density at radius 3 is 2.57 bits per heavy atom.